The fourth-order valence-corrected chi connectivity index (χ4v) is 4.25. The van der Waals surface area contributed by atoms with Crippen molar-refractivity contribution in [1.82, 2.24) is 4.90 Å². The van der Waals surface area contributed by atoms with E-state index in [1.807, 2.05) is 18.2 Å². The molecule has 0 radical (unpaired) electrons. The highest BCUT2D eigenvalue weighted by Crippen LogP contribution is 2.29. The number of halogens is 1. The van der Waals surface area contributed by atoms with Crippen LogP contribution in [0.3, 0.4) is 0 Å². The van der Waals surface area contributed by atoms with Crippen LogP contribution >= 0.6 is 23.4 Å². The smallest absolute Gasteiger partial charge is 0.338 e. The molecule has 166 valence electrons. The second-order valence-corrected chi connectivity index (χ2v) is 8.65. The summed E-state index contributed by atoms with van der Waals surface area (Å²) >= 11 is 7.36. The molecule has 6 nitrogen and oxygen atoms in total. The Morgan fingerprint density at radius 3 is 2.42 bits per heavy atom. The maximum atomic E-state index is 12.7. The molecule has 3 rings (SSSR count). The Bertz CT molecular complexity index is 899. The van der Waals surface area contributed by atoms with Crippen molar-refractivity contribution in [3.8, 4) is 0 Å². The molecular formula is C23H28ClN3O3S. The van der Waals surface area contributed by atoms with Gasteiger partial charge in [-0.15, -0.1) is 11.8 Å². The number of amides is 1. The van der Waals surface area contributed by atoms with Gasteiger partial charge in [0.25, 0.3) is 0 Å². The van der Waals surface area contributed by atoms with E-state index in [0.717, 1.165) is 43.3 Å². The average molecular weight is 462 g/mol. The summed E-state index contributed by atoms with van der Waals surface area (Å²) in [5.74, 6) is -0.265. The molecular weight excluding hydrogens is 434 g/mol. The highest BCUT2D eigenvalue weighted by molar-refractivity contribution is 8.00. The molecule has 0 saturated carbocycles. The van der Waals surface area contributed by atoms with Crippen molar-refractivity contribution >= 4 is 46.6 Å². The molecule has 1 aliphatic rings. The van der Waals surface area contributed by atoms with Crippen molar-refractivity contribution in [2.45, 2.75) is 18.7 Å². The van der Waals surface area contributed by atoms with E-state index in [-0.39, 0.29) is 11.7 Å². The number of thioether (sulfide) groups is 1. The molecule has 1 aliphatic heterocycles. The van der Waals surface area contributed by atoms with E-state index in [4.69, 9.17) is 16.3 Å². The van der Waals surface area contributed by atoms with Crippen LogP contribution in [0.2, 0.25) is 5.02 Å². The van der Waals surface area contributed by atoms with Crippen LogP contribution in [-0.2, 0) is 9.53 Å². The number of likely N-dealkylation sites (N-methyl/N-ethyl adjacent to an activating group) is 1. The molecule has 1 saturated heterocycles. The zero-order valence-electron chi connectivity index (χ0n) is 17.9. The van der Waals surface area contributed by atoms with Gasteiger partial charge >= 0.3 is 5.97 Å². The average Bonchev–Trinajstić information content (AvgIpc) is 2.79. The van der Waals surface area contributed by atoms with Crippen LogP contribution in [-0.4, -0.2) is 61.9 Å². The lowest BCUT2D eigenvalue weighted by molar-refractivity contribution is -0.113. The molecule has 1 heterocycles. The van der Waals surface area contributed by atoms with E-state index >= 15 is 0 Å². The van der Waals surface area contributed by atoms with Gasteiger partial charge in [0.2, 0.25) is 5.91 Å². The number of anilines is 2. The molecule has 0 aliphatic carbocycles. The molecule has 0 spiro atoms. The van der Waals surface area contributed by atoms with Crippen molar-refractivity contribution in [3.05, 3.63) is 53.1 Å². The topological polar surface area (TPSA) is 61.9 Å². The number of piperazine rings is 1. The maximum absolute atomic E-state index is 12.7. The molecule has 8 heteroatoms. The van der Waals surface area contributed by atoms with Crippen molar-refractivity contribution in [2.24, 2.45) is 0 Å². The quantitative estimate of drug-likeness (QED) is 0.464. The summed E-state index contributed by atoms with van der Waals surface area (Å²) in [6.45, 7) is 8.94. The fourth-order valence-electron chi connectivity index (χ4n) is 3.42. The molecule has 2 aromatic rings. The number of hydrogen-bond donors (Lipinski definition) is 1. The van der Waals surface area contributed by atoms with E-state index in [2.05, 4.69) is 22.0 Å². The molecule has 31 heavy (non-hydrogen) atoms. The highest BCUT2D eigenvalue weighted by atomic mass is 35.5. The molecule has 1 fully saturated rings. The first-order chi connectivity index (χ1) is 15.0. The summed E-state index contributed by atoms with van der Waals surface area (Å²) in [6.07, 6.45) is 0. The van der Waals surface area contributed by atoms with Crippen molar-refractivity contribution in [2.75, 3.05) is 55.3 Å². The lowest BCUT2D eigenvalue weighted by Gasteiger charge is -2.36. The van der Waals surface area contributed by atoms with Crippen LogP contribution in [0.4, 0.5) is 11.4 Å². The van der Waals surface area contributed by atoms with E-state index in [9.17, 15) is 9.59 Å². The first-order valence-corrected chi connectivity index (χ1v) is 11.8. The third-order valence-electron chi connectivity index (χ3n) is 5.13. The van der Waals surface area contributed by atoms with Gasteiger partial charge in [-0.2, -0.15) is 0 Å². The van der Waals surface area contributed by atoms with Gasteiger partial charge in [0, 0.05) is 36.1 Å². The Balaban J connectivity index is 1.74. The second kappa shape index (κ2) is 11.4. The van der Waals surface area contributed by atoms with E-state index in [1.54, 1.807) is 31.2 Å². The number of ether oxygens (including phenoxy) is 1. The molecule has 0 aromatic heterocycles. The maximum Gasteiger partial charge on any atom is 0.338 e. The Morgan fingerprint density at radius 2 is 1.77 bits per heavy atom. The van der Waals surface area contributed by atoms with E-state index in [0.29, 0.717) is 22.9 Å². The summed E-state index contributed by atoms with van der Waals surface area (Å²) < 4.78 is 5.13. The number of carbonyl (C=O) groups excluding carboxylic acids is 2. The number of esters is 1. The molecule has 0 atom stereocenters. The van der Waals surface area contributed by atoms with Crippen molar-refractivity contribution < 1.29 is 14.3 Å². The van der Waals surface area contributed by atoms with E-state index in [1.165, 1.54) is 11.8 Å². The monoisotopic (exact) mass is 461 g/mol. The number of nitrogens with zero attached hydrogens (tertiary/aromatic N) is 2. The summed E-state index contributed by atoms with van der Waals surface area (Å²) in [7, 11) is 0. The number of nitrogens with one attached hydrogen (secondary N) is 1. The number of carbonyl (C=O) groups is 2. The summed E-state index contributed by atoms with van der Waals surface area (Å²) in [5.41, 5.74) is 1.99. The first kappa shape index (κ1) is 23.4. The summed E-state index contributed by atoms with van der Waals surface area (Å²) in [4.78, 5) is 30.5. The standard InChI is InChI=1S/C23H28ClN3O3S/c1-3-26-11-13-27(14-12-26)21-10-5-17(23(29)30-4-2)15-20(21)25-22(28)16-31-19-8-6-18(24)7-9-19/h5-10,15H,3-4,11-14,16H2,1-2H3,(H,25,28). The zero-order chi connectivity index (χ0) is 22.2. The predicted octanol–water partition coefficient (Wildman–Crippen LogP) is 4.39. The molecule has 1 N–H and O–H groups in total. The summed E-state index contributed by atoms with van der Waals surface area (Å²) in [5, 5.41) is 3.67. The number of hydrogen-bond acceptors (Lipinski definition) is 6. The zero-order valence-corrected chi connectivity index (χ0v) is 19.5. The van der Waals surface area contributed by atoms with E-state index < -0.39 is 5.97 Å². The van der Waals surface area contributed by atoms with Gasteiger partial charge in [-0.25, -0.2) is 4.79 Å². The molecule has 0 unspecified atom stereocenters. The lowest BCUT2D eigenvalue weighted by atomic mass is 10.1. The molecule has 0 bridgehead atoms. The van der Waals surface area contributed by atoms with Crippen LogP contribution in [0.1, 0.15) is 24.2 Å². The number of benzene rings is 2. The van der Waals surface area contributed by atoms with Crippen molar-refractivity contribution in [3.63, 3.8) is 0 Å². The predicted molar refractivity (Wildman–Crippen MR) is 128 cm³/mol. The molecule has 2 aromatic carbocycles. The Morgan fingerprint density at radius 1 is 1.06 bits per heavy atom. The van der Waals surface area contributed by atoms with Crippen molar-refractivity contribution in [1.29, 1.82) is 0 Å². The fraction of sp³-hybridized carbons (Fsp3) is 0.391. The second-order valence-electron chi connectivity index (χ2n) is 7.16. The van der Waals surface area contributed by atoms with Crippen LogP contribution in [0, 0.1) is 0 Å². The Kier molecular flexibility index (Phi) is 8.63. The minimum Gasteiger partial charge on any atom is -0.462 e. The highest BCUT2D eigenvalue weighted by Gasteiger charge is 2.21. The minimum atomic E-state index is -0.393. The van der Waals surface area contributed by atoms with Crippen LogP contribution < -0.4 is 10.2 Å². The Hall–Kier alpha value is -2.22. The van der Waals surface area contributed by atoms with Gasteiger partial charge in [0.05, 0.1) is 29.3 Å². The first-order valence-electron chi connectivity index (χ1n) is 10.5. The normalized spacial score (nSPS) is 14.4. The van der Waals surface area contributed by atoms with Gasteiger partial charge in [-0.3, -0.25) is 4.79 Å². The third-order valence-corrected chi connectivity index (χ3v) is 6.39. The van der Waals surface area contributed by atoms with Gasteiger partial charge < -0.3 is 19.9 Å². The van der Waals surface area contributed by atoms with Crippen LogP contribution in [0.15, 0.2) is 47.4 Å². The third kappa shape index (κ3) is 6.63. The molecule has 1 amide bonds. The van der Waals surface area contributed by atoms with Gasteiger partial charge in [-0.05, 0) is 55.9 Å². The van der Waals surface area contributed by atoms with Gasteiger partial charge in [-0.1, -0.05) is 18.5 Å². The van der Waals surface area contributed by atoms with Crippen LogP contribution in [0.5, 0.6) is 0 Å². The summed E-state index contributed by atoms with van der Waals surface area (Å²) in [6, 6.07) is 12.8. The number of rotatable bonds is 8. The van der Waals surface area contributed by atoms with Gasteiger partial charge in [0.15, 0.2) is 0 Å². The van der Waals surface area contributed by atoms with Crippen LogP contribution in [0.25, 0.3) is 0 Å². The lowest BCUT2D eigenvalue weighted by Crippen LogP contribution is -2.46. The minimum absolute atomic E-state index is 0.130. The SMILES string of the molecule is CCOC(=O)c1ccc(N2CCN(CC)CC2)c(NC(=O)CSc2ccc(Cl)cc2)c1. The van der Waals surface area contributed by atoms with Gasteiger partial charge in [0.1, 0.15) is 0 Å². The largest absolute Gasteiger partial charge is 0.462 e. The Labute approximate surface area is 192 Å².